The number of fused-ring (bicyclic) bond motifs is 1. The van der Waals surface area contributed by atoms with E-state index >= 15 is 0 Å². The summed E-state index contributed by atoms with van der Waals surface area (Å²) in [6.07, 6.45) is 3.41. The van der Waals surface area contributed by atoms with Crippen molar-refractivity contribution in [3.05, 3.63) is 5.69 Å². The number of nitrogens with two attached hydrogens (primary N) is 1. The molecule has 3 rings (SSSR count). The highest BCUT2D eigenvalue weighted by Crippen LogP contribution is 2.54. The number of aromatic nitrogens is 2. The summed E-state index contributed by atoms with van der Waals surface area (Å²) < 4.78 is 0. The summed E-state index contributed by atoms with van der Waals surface area (Å²) in [5.41, 5.74) is 7.11. The van der Waals surface area contributed by atoms with Crippen LogP contribution in [0.4, 0.5) is 11.5 Å². The second-order valence-electron chi connectivity index (χ2n) is 5.02. The zero-order valence-corrected chi connectivity index (χ0v) is 9.29. The van der Waals surface area contributed by atoms with Gasteiger partial charge < -0.3 is 11.1 Å². The quantitative estimate of drug-likeness (QED) is 0.702. The molecule has 1 amide bonds. The third kappa shape index (κ3) is 1.47. The van der Waals surface area contributed by atoms with Crippen molar-refractivity contribution < 1.29 is 4.79 Å². The summed E-state index contributed by atoms with van der Waals surface area (Å²) in [6, 6.07) is 0. The van der Waals surface area contributed by atoms with Crippen LogP contribution in [-0.2, 0) is 4.79 Å². The van der Waals surface area contributed by atoms with Gasteiger partial charge in [0.1, 0.15) is 0 Å². The number of anilines is 2. The maximum absolute atomic E-state index is 11.9. The lowest BCUT2D eigenvalue weighted by Gasteiger charge is -2.10. The van der Waals surface area contributed by atoms with Crippen LogP contribution in [0.3, 0.4) is 0 Å². The van der Waals surface area contributed by atoms with Crippen molar-refractivity contribution in [1.29, 1.82) is 0 Å². The lowest BCUT2D eigenvalue weighted by Crippen LogP contribution is -2.22. The summed E-state index contributed by atoms with van der Waals surface area (Å²) in [6.45, 7) is 1.84. The van der Waals surface area contributed by atoms with Crippen LogP contribution in [0.25, 0.3) is 0 Å². The average Bonchev–Trinajstić information content (AvgIpc) is 2.76. The molecule has 2 fully saturated rings. The second-order valence-corrected chi connectivity index (χ2v) is 5.02. The van der Waals surface area contributed by atoms with Crippen molar-refractivity contribution >= 4 is 17.4 Å². The summed E-state index contributed by atoms with van der Waals surface area (Å²) in [4.78, 5) is 11.9. The second kappa shape index (κ2) is 3.23. The summed E-state index contributed by atoms with van der Waals surface area (Å²) in [5.74, 6) is 2.34. The van der Waals surface area contributed by atoms with Gasteiger partial charge in [0, 0.05) is 5.92 Å². The van der Waals surface area contributed by atoms with E-state index in [1.54, 1.807) is 0 Å². The lowest BCUT2D eigenvalue weighted by atomic mass is 10.0. The molecular formula is C11H16N4O. The Hall–Kier alpha value is -1.52. The number of aromatic amines is 1. The van der Waals surface area contributed by atoms with Crippen molar-refractivity contribution in [2.45, 2.75) is 26.2 Å². The number of amides is 1. The Labute approximate surface area is 93.8 Å². The Morgan fingerprint density at radius 1 is 1.44 bits per heavy atom. The van der Waals surface area contributed by atoms with Crippen molar-refractivity contribution in [2.75, 3.05) is 11.1 Å². The molecule has 4 N–H and O–H groups in total. The molecule has 1 aromatic heterocycles. The first-order valence-electron chi connectivity index (χ1n) is 5.76. The molecule has 16 heavy (non-hydrogen) atoms. The summed E-state index contributed by atoms with van der Waals surface area (Å²) >= 11 is 0. The maximum atomic E-state index is 11.9. The van der Waals surface area contributed by atoms with E-state index in [0.717, 1.165) is 30.4 Å². The third-order valence-electron chi connectivity index (χ3n) is 3.85. The molecule has 1 aromatic rings. The number of aryl methyl sites for hydroxylation is 1. The molecule has 0 saturated heterocycles. The molecule has 86 valence electrons. The van der Waals surface area contributed by atoms with Crippen LogP contribution in [0, 0.1) is 24.7 Å². The van der Waals surface area contributed by atoms with E-state index in [4.69, 9.17) is 5.73 Å². The molecule has 0 aliphatic heterocycles. The molecule has 2 atom stereocenters. The maximum Gasteiger partial charge on any atom is 0.228 e. The first-order chi connectivity index (χ1) is 7.65. The predicted molar refractivity (Wildman–Crippen MR) is 60.7 cm³/mol. The molecule has 0 spiro atoms. The van der Waals surface area contributed by atoms with Crippen molar-refractivity contribution in [1.82, 2.24) is 10.2 Å². The Kier molecular flexibility index (Phi) is 1.96. The third-order valence-corrected chi connectivity index (χ3v) is 3.85. The molecule has 5 heteroatoms. The largest absolute Gasteiger partial charge is 0.394 e. The molecule has 0 aromatic carbocycles. The molecule has 2 aliphatic carbocycles. The highest BCUT2D eigenvalue weighted by Gasteiger charge is 2.48. The van der Waals surface area contributed by atoms with Gasteiger partial charge in [-0.3, -0.25) is 9.89 Å². The molecule has 2 saturated carbocycles. The molecule has 0 radical (unpaired) electrons. The van der Waals surface area contributed by atoms with E-state index in [1.807, 2.05) is 6.92 Å². The normalized spacial score (nSPS) is 31.2. The van der Waals surface area contributed by atoms with Crippen molar-refractivity contribution in [3.63, 3.8) is 0 Å². The number of hydrogen-bond acceptors (Lipinski definition) is 3. The van der Waals surface area contributed by atoms with Gasteiger partial charge in [-0.15, -0.1) is 0 Å². The van der Waals surface area contributed by atoms with Gasteiger partial charge in [0.25, 0.3) is 0 Å². The molecule has 2 aliphatic rings. The molecule has 2 unspecified atom stereocenters. The van der Waals surface area contributed by atoms with Gasteiger partial charge in [0.05, 0.1) is 11.4 Å². The van der Waals surface area contributed by atoms with Gasteiger partial charge in [-0.2, -0.15) is 5.10 Å². The van der Waals surface area contributed by atoms with Crippen LogP contribution in [-0.4, -0.2) is 16.1 Å². The molecular weight excluding hydrogens is 204 g/mol. The van der Waals surface area contributed by atoms with E-state index in [1.165, 1.54) is 6.42 Å². The smallest absolute Gasteiger partial charge is 0.228 e. The number of nitrogens with zero attached hydrogens (tertiary/aromatic N) is 1. The zero-order chi connectivity index (χ0) is 11.3. The molecule has 5 nitrogen and oxygen atoms in total. The van der Waals surface area contributed by atoms with E-state index in [0.29, 0.717) is 11.5 Å². The first kappa shape index (κ1) is 9.69. The number of H-pyrrole nitrogens is 1. The monoisotopic (exact) mass is 220 g/mol. The summed E-state index contributed by atoms with van der Waals surface area (Å²) in [5, 5.41) is 9.54. The van der Waals surface area contributed by atoms with Crippen LogP contribution in [0.5, 0.6) is 0 Å². The minimum Gasteiger partial charge on any atom is -0.394 e. The SMILES string of the molecule is Cc1[nH]nc(NC(=O)C2CC3CC3C2)c1N. The van der Waals surface area contributed by atoms with Gasteiger partial charge in [-0.25, -0.2) is 0 Å². The Morgan fingerprint density at radius 3 is 2.69 bits per heavy atom. The minimum absolute atomic E-state index is 0.0744. The number of nitrogen functional groups attached to an aromatic ring is 1. The number of rotatable bonds is 2. The Morgan fingerprint density at radius 2 is 2.12 bits per heavy atom. The number of carbonyl (C=O) groups is 1. The minimum atomic E-state index is 0.0744. The fourth-order valence-electron chi connectivity index (χ4n) is 2.68. The fraction of sp³-hybridized carbons (Fsp3) is 0.636. The van der Waals surface area contributed by atoms with Crippen LogP contribution >= 0.6 is 0 Å². The Bertz CT molecular complexity index is 429. The highest BCUT2D eigenvalue weighted by atomic mass is 16.2. The standard InChI is InChI=1S/C11H16N4O/c1-5-9(12)10(15-14-5)13-11(16)8-3-6-2-7(6)4-8/h6-8H,2-4,12H2,1H3,(H2,13,14,15,16). The topological polar surface area (TPSA) is 83.8 Å². The van der Waals surface area contributed by atoms with Gasteiger partial charge >= 0.3 is 0 Å². The summed E-state index contributed by atoms with van der Waals surface area (Å²) in [7, 11) is 0. The van der Waals surface area contributed by atoms with Gasteiger partial charge in [-0.1, -0.05) is 0 Å². The van der Waals surface area contributed by atoms with E-state index < -0.39 is 0 Å². The van der Waals surface area contributed by atoms with Crippen LogP contribution in [0.1, 0.15) is 25.0 Å². The van der Waals surface area contributed by atoms with Crippen molar-refractivity contribution in [3.8, 4) is 0 Å². The lowest BCUT2D eigenvalue weighted by molar-refractivity contribution is -0.120. The van der Waals surface area contributed by atoms with Gasteiger partial charge in [0.15, 0.2) is 5.82 Å². The number of hydrogen-bond donors (Lipinski definition) is 3. The zero-order valence-electron chi connectivity index (χ0n) is 9.29. The van der Waals surface area contributed by atoms with Crippen molar-refractivity contribution in [2.24, 2.45) is 17.8 Å². The van der Waals surface area contributed by atoms with Gasteiger partial charge in [0.2, 0.25) is 5.91 Å². The van der Waals surface area contributed by atoms with E-state index in [-0.39, 0.29) is 11.8 Å². The number of carbonyl (C=O) groups excluding carboxylic acids is 1. The van der Waals surface area contributed by atoms with E-state index in [2.05, 4.69) is 15.5 Å². The first-order valence-corrected chi connectivity index (χ1v) is 5.76. The van der Waals surface area contributed by atoms with Crippen LogP contribution in [0.2, 0.25) is 0 Å². The van der Waals surface area contributed by atoms with Gasteiger partial charge in [-0.05, 0) is 38.0 Å². The van der Waals surface area contributed by atoms with Crippen LogP contribution < -0.4 is 11.1 Å². The molecule has 1 heterocycles. The predicted octanol–water partition coefficient (Wildman–Crippen LogP) is 1.28. The molecule has 0 bridgehead atoms. The highest BCUT2D eigenvalue weighted by molar-refractivity contribution is 5.94. The average molecular weight is 220 g/mol. The van der Waals surface area contributed by atoms with Crippen LogP contribution in [0.15, 0.2) is 0 Å². The fourth-order valence-corrected chi connectivity index (χ4v) is 2.68. The Balaban J connectivity index is 1.66. The van der Waals surface area contributed by atoms with E-state index in [9.17, 15) is 4.79 Å². The number of nitrogens with one attached hydrogen (secondary N) is 2.